The number of hydrogen-bond acceptors (Lipinski definition) is 20. The second-order valence-corrected chi connectivity index (χ2v) is 17.0. The van der Waals surface area contributed by atoms with Crippen molar-refractivity contribution >= 4 is 40.3 Å². The lowest BCUT2D eigenvalue weighted by Crippen LogP contribution is -2.52. The van der Waals surface area contributed by atoms with E-state index in [1.54, 1.807) is 31.2 Å². The number of hydrogen-bond donors (Lipinski definition) is 13. The molecule has 0 spiro atoms. The van der Waals surface area contributed by atoms with Gasteiger partial charge in [-0.2, -0.15) is 0 Å². The van der Waals surface area contributed by atoms with Crippen molar-refractivity contribution in [3.8, 4) is 23.0 Å². The summed E-state index contributed by atoms with van der Waals surface area (Å²) in [4.78, 5) is 65.8. The smallest absolute Gasteiger partial charge is 0.200 e. The highest BCUT2D eigenvalue weighted by Crippen LogP contribution is 2.52. The highest BCUT2D eigenvalue weighted by Gasteiger charge is 2.49. The Balaban J connectivity index is 0.000000203. The van der Waals surface area contributed by atoms with Crippen LogP contribution in [0.3, 0.4) is 0 Å². The number of fused-ring (bicyclic) bond motifs is 5. The van der Waals surface area contributed by atoms with Gasteiger partial charge in [0, 0.05) is 98.2 Å². The Hall–Kier alpha value is -6.33. The highest BCUT2D eigenvalue weighted by molar-refractivity contribution is 6.33. The van der Waals surface area contributed by atoms with Crippen molar-refractivity contribution in [2.45, 2.75) is 69.4 Å². The Bertz CT molecular complexity index is 2570. The van der Waals surface area contributed by atoms with E-state index in [1.165, 1.54) is 31.2 Å². The molecule has 6 atom stereocenters. The van der Waals surface area contributed by atoms with E-state index in [0.717, 1.165) is 0 Å². The molecule has 1 heterocycles. The Morgan fingerprint density at radius 3 is 1.69 bits per heavy atom. The number of carbonyl (C=O) groups is 5. The number of benzene rings is 4. The van der Waals surface area contributed by atoms with Gasteiger partial charge >= 0.3 is 0 Å². The maximum absolute atomic E-state index is 13.4. The molecule has 1 fully saturated rings. The van der Waals surface area contributed by atoms with Crippen molar-refractivity contribution < 1.29 is 74.3 Å². The van der Waals surface area contributed by atoms with Gasteiger partial charge in [-0.1, -0.05) is 24.3 Å². The van der Waals surface area contributed by atoms with Crippen molar-refractivity contribution in [3.63, 3.8) is 0 Å². The number of aliphatic hydroxyl groups is 4. The zero-order chi connectivity index (χ0) is 49.2. The van der Waals surface area contributed by atoms with Crippen LogP contribution in [-0.4, -0.2) is 152 Å². The number of ketones is 5. The Labute approximate surface area is 389 Å². The van der Waals surface area contributed by atoms with Crippen molar-refractivity contribution in [2.24, 2.45) is 5.73 Å². The summed E-state index contributed by atoms with van der Waals surface area (Å²) in [6.45, 7) is 5.61. The summed E-state index contributed by atoms with van der Waals surface area (Å²) in [5, 5.41) is 94.4. The number of rotatable bonds is 15. The van der Waals surface area contributed by atoms with Gasteiger partial charge in [-0.15, -0.1) is 0 Å². The third kappa shape index (κ3) is 9.29. The maximum atomic E-state index is 13.4. The number of nitrogens with one attached hydrogen (secondary N) is 4. The van der Waals surface area contributed by atoms with Crippen LogP contribution < -0.4 is 27.0 Å². The molecular weight excluding hydrogens is 887 g/mol. The molecule has 0 radical (unpaired) electrons. The second-order valence-electron chi connectivity index (χ2n) is 17.0. The van der Waals surface area contributed by atoms with Gasteiger partial charge in [0.15, 0.2) is 23.6 Å². The first-order valence-electron chi connectivity index (χ1n) is 22.1. The van der Waals surface area contributed by atoms with Gasteiger partial charge in [0.2, 0.25) is 11.6 Å². The molecule has 0 amide bonds. The molecule has 68 heavy (non-hydrogen) atoms. The van der Waals surface area contributed by atoms with Crippen LogP contribution >= 0.6 is 0 Å². The lowest BCUT2D eigenvalue weighted by atomic mass is 9.72. The zero-order valence-corrected chi connectivity index (χ0v) is 37.3. The largest absolute Gasteiger partial charge is 0.507 e. The minimum atomic E-state index is -1.97. The molecule has 4 aromatic carbocycles. The summed E-state index contributed by atoms with van der Waals surface area (Å²) < 4.78 is 11.8. The monoisotopic (exact) mass is 941 g/mol. The molecular formula is C48H55N5O15. The summed E-state index contributed by atoms with van der Waals surface area (Å²) in [5.41, 5.74) is 4.06. The minimum absolute atomic E-state index is 0.00588. The number of phenols is 4. The van der Waals surface area contributed by atoms with E-state index >= 15 is 0 Å². The first-order valence-corrected chi connectivity index (χ1v) is 22.1. The van der Waals surface area contributed by atoms with Crippen LogP contribution in [0.2, 0.25) is 0 Å². The number of aromatic hydroxyl groups is 4. The molecule has 0 saturated carbocycles. The second kappa shape index (κ2) is 20.5. The molecule has 20 heteroatoms. The number of aliphatic hydroxyl groups excluding tert-OH is 3. The number of carbonyl (C=O) groups excluding carboxylic acids is 5. The molecule has 4 aliphatic rings. The lowest BCUT2D eigenvalue weighted by Gasteiger charge is -2.42. The number of ether oxygens (including phenoxy) is 2. The molecule has 4 aromatic rings. The fraction of sp³-hybridized carbons (Fsp3) is 0.396. The molecule has 1 saturated heterocycles. The molecule has 1 aliphatic heterocycles. The summed E-state index contributed by atoms with van der Waals surface area (Å²) in [5.74, 6) is -4.92. The lowest BCUT2D eigenvalue weighted by molar-refractivity contribution is -0.247. The van der Waals surface area contributed by atoms with Gasteiger partial charge in [0.05, 0.1) is 64.9 Å². The van der Waals surface area contributed by atoms with Gasteiger partial charge in [-0.05, 0) is 38.1 Å². The minimum Gasteiger partial charge on any atom is -0.507 e. The van der Waals surface area contributed by atoms with E-state index in [2.05, 4.69) is 21.3 Å². The van der Waals surface area contributed by atoms with E-state index in [4.69, 9.17) is 25.4 Å². The normalized spacial score (nSPS) is 22.5. The van der Waals surface area contributed by atoms with Crippen LogP contribution in [0.4, 0.5) is 11.4 Å². The van der Waals surface area contributed by atoms with Gasteiger partial charge in [-0.3, -0.25) is 24.0 Å². The predicted molar refractivity (Wildman–Crippen MR) is 244 cm³/mol. The van der Waals surface area contributed by atoms with E-state index < -0.39 is 83.1 Å². The highest BCUT2D eigenvalue weighted by atomic mass is 16.7. The standard InChI is InChI=1S/C26H27NO9.C22H28N4O6/c1-10-21(29)15(27)7-17(35-10)36-16-9-26(34,11(2)28)8-14-18(16)25(33)20-19(24(14)32)22(30)12-5-3-4-6-13(12)23(20)31;27-11-9-23-5-7-25-13-1-2-14(26-8-6-24-10-12-28)18-17(13)21(31)19-15(29)3-4-16(30)20(19)22(18)32/h3-6,10,15-17,21,29,32-34H,7-9,27H2,1-2H3;1-4,23-30H,5-12H2/t10-,15-,16-,17-,21+,26-;/m0./s1. The average Bonchev–Trinajstić information content (AvgIpc) is 3.31. The summed E-state index contributed by atoms with van der Waals surface area (Å²) in [7, 11) is 0. The third-order valence-corrected chi connectivity index (χ3v) is 12.6. The predicted octanol–water partition coefficient (Wildman–Crippen LogP) is 0.881. The van der Waals surface area contributed by atoms with Crippen molar-refractivity contribution in [3.05, 3.63) is 104 Å². The Morgan fingerprint density at radius 2 is 1.22 bits per heavy atom. The van der Waals surface area contributed by atoms with Crippen LogP contribution in [0.1, 0.15) is 108 Å². The van der Waals surface area contributed by atoms with Gasteiger partial charge in [0.25, 0.3) is 0 Å². The Morgan fingerprint density at radius 1 is 0.721 bits per heavy atom. The third-order valence-electron chi connectivity index (χ3n) is 12.6. The number of nitrogens with two attached hydrogens (primary N) is 1. The fourth-order valence-electron chi connectivity index (χ4n) is 9.06. The van der Waals surface area contributed by atoms with Crippen LogP contribution in [0.25, 0.3) is 0 Å². The number of phenolic OH excluding ortho intramolecular Hbond substituents is 4. The zero-order valence-electron chi connectivity index (χ0n) is 37.3. The van der Waals surface area contributed by atoms with Gasteiger partial charge in [-0.25, -0.2) is 0 Å². The fourth-order valence-corrected chi connectivity index (χ4v) is 9.06. The average molecular weight is 942 g/mol. The van der Waals surface area contributed by atoms with Crippen LogP contribution in [-0.2, 0) is 20.7 Å². The number of Topliss-reactive ketones (excluding diaryl/α,β-unsaturated/α-hetero) is 1. The Kier molecular flexibility index (Phi) is 14.9. The topological polar surface area (TPSA) is 340 Å². The van der Waals surface area contributed by atoms with Crippen molar-refractivity contribution in [2.75, 3.05) is 63.1 Å². The SMILES string of the molecule is CC(=O)[C@]1(O)Cc2c(O)c3c(c(O)c2[C@@H](O[C@H]2C[C@H](N)[C@H](O)[C@H](C)O2)C1)C(=O)c1ccccc1C3=O.O=C1c2c(O)ccc(O)c2C(=O)c2c(NCCNCCO)ccc(NCCNCCO)c21. The summed E-state index contributed by atoms with van der Waals surface area (Å²) >= 11 is 0. The molecule has 3 aliphatic carbocycles. The van der Waals surface area contributed by atoms with E-state index in [9.17, 15) is 54.6 Å². The molecule has 14 N–H and O–H groups in total. The summed E-state index contributed by atoms with van der Waals surface area (Å²) in [6, 6.07) is 11.1. The molecule has 20 nitrogen and oxygen atoms in total. The van der Waals surface area contributed by atoms with Gasteiger partial charge in [0.1, 0.15) is 28.6 Å². The van der Waals surface area contributed by atoms with Crippen LogP contribution in [0, 0.1) is 0 Å². The molecule has 0 unspecified atom stereocenters. The number of anilines is 2. The molecule has 362 valence electrons. The summed E-state index contributed by atoms with van der Waals surface area (Å²) in [6.07, 6.45) is -4.38. The van der Waals surface area contributed by atoms with Crippen molar-refractivity contribution in [1.82, 2.24) is 10.6 Å². The van der Waals surface area contributed by atoms with Crippen LogP contribution in [0.5, 0.6) is 23.0 Å². The van der Waals surface area contributed by atoms with E-state index in [0.29, 0.717) is 50.6 Å². The first-order chi connectivity index (χ1) is 32.4. The van der Waals surface area contributed by atoms with E-state index in [-0.39, 0.29) is 93.2 Å². The van der Waals surface area contributed by atoms with Gasteiger partial charge < -0.3 is 77.3 Å². The molecule has 0 bridgehead atoms. The quantitative estimate of drug-likeness (QED) is 0.0502. The van der Waals surface area contributed by atoms with Crippen molar-refractivity contribution in [1.29, 1.82) is 0 Å². The molecule has 0 aromatic heterocycles. The maximum Gasteiger partial charge on any atom is 0.200 e. The van der Waals surface area contributed by atoms with E-state index in [1.807, 2.05) is 0 Å². The molecule has 8 rings (SSSR count). The van der Waals surface area contributed by atoms with Crippen LogP contribution in [0.15, 0.2) is 48.5 Å². The first kappa shape index (κ1) is 49.6.